The van der Waals surface area contributed by atoms with Crippen molar-refractivity contribution in [2.24, 2.45) is 5.92 Å². The molecule has 2 heterocycles. The molecule has 134 valence electrons. The summed E-state index contributed by atoms with van der Waals surface area (Å²) < 4.78 is 11.0. The van der Waals surface area contributed by atoms with Gasteiger partial charge in [-0.1, -0.05) is 12.1 Å². The number of aromatic nitrogens is 1. The Bertz CT molecular complexity index is 1080. The molecule has 1 aliphatic carbocycles. The van der Waals surface area contributed by atoms with Crippen molar-refractivity contribution in [3.05, 3.63) is 56.6 Å². The Labute approximate surface area is 150 Å². The Balaban J connectivity index is 1.68. The number of hydrogen-bond donors (Lipinski definition) is 1. The van der Waals surface area contributed by atoms with Crippen LogP contribution in [-0.4, -0.2) is 11.1 Å². The van der Waals surface area contributed by atoms with Crippen LogP contribution < -0.4 is 10.7 Å². The van der Waals surface area contributed by atoms with Crippen molar-refractivity contribution in [1.82, 2.24) is 5.16 Å². The molecule has 1 unspecified atom stereocenters. The van der Waals surface area contributed by atoms with Crippen LogP contribution in [-0.2, 0) is 12.8 Å². The van der Waals surface area contributed by atoms with E-state index in [1.807, 2.05) is 13.8 Å². The molecule has 2 aromatic heterocycles. The zero-order valence-electron chi connectivity index (χ0n) is 15.0. The van der Waals surface area contributed by atoms with Gasteiger partial charge in [-0.3, -0.25) is 14.9 Å². The maximum atomic E-state index is 12.6. The Morgan fingerprint density at radius 3 is 2.81 bits per heavy atom. The maximum absolute atomic E-state index is 12.6. The highest BCUT2D eigenvalue weighted by Crippen LogP contribution is 2.30. The smallest absolute Gasteiger partial charge is 0.293 e. The molecular formula is C20H20N2O4. The van der Waals surface area contributed by atoms with Gasteiger partial charge in [0.25, 0.3) is 5.91 Å². The standard InChI is InChI=1S/C20H20N2O4/c1-10-4-5-15-13(6-10)20(26-22-15)21-19(24)18-9-16(23)14-7-11(2)12(3)8-17(14)25-18/h7-10H,4-6H2,1-3H3,(H,21,24). The molecule has 4 rings (SSSR count). The summed E-state index contributed by atoms with van der Waals surface area (Å²) in [6.07, 6.45) is 2.72. The Hall–Kier alpha value is -2.89. The molecule has 3 aromatic rings. The summed E-state index contributed by atoms with van der Waals surface area (Å²) in [7, 11) is 0. The largest absolute Gasteiger partial charge is 0.451 e. The predicted octanol–water partition coefficient (Wildman–Crippen LogP) is 3.77. The lowest BCUT2D eigenvalue weighted by Gasteiger charge is -2.16. The normalized spacial score (nSPS) is 16.5. The van der Waals surface area contributed by atoms with Gasteiger partial charge in [-0.2, -0.15) is 0 Å². The number of benzene rings is 1. The number of nitrogens with zero attached hydrogens (tertiary/aromatic N) is 1. The highest BCUT2D eigenvalue weighted by molar-refractivity contribution is 6.02. The van der Waals surface area contributed by atoms with E-state index in [0.29, 0.717) is 22.8 Å². The van der Waals surface area contributed by atoms with E-state index in [9.17, 15) is 9.59 Å². The fourth-order valence-corrected chi connectivity index (χ4v) is 3.37. The summed E-state index contributed by atoms with van der Waals surface area (Å²) >= 11 is 0. The molecule has 6 nitrogen and oxygen atoms in total. The van der Waals surface area contributed by atoms with Gasteiger partial charge in [-0.15, -0.1) is 0 Å². The van der Waals surface area contributed by atoms with Gasteiger partial charge in [0.15, 0.2) is 11.2 Å². The van der Waals surface area contributed by atoms with Crippen molar-refractivity contribution < 1.29 is 13.7 Å². The number of anilines is 1. The number of nitrogens with one attached hydrogen (secondary N) is 1. The monoisotopic (exact) mass is 352 g/mol. The van der Waals surface area contributed by atoms with Crippen molar-refractivity contribution in [1.29, 1.82) is 0 Å². The molecule has 0 bridgehead atoms. The van der Waals surface area contributed by atoms with Crippen molar-refractivity contribution in [2.45, 2.75) is 40.0 Å². The molecule has 0 fully saturated rings. The molecule has 1 aromatic carbocycles. The summed E-state index contributed by atoms with van der Waals surface area (Å²) in [5, 5.41) is 7.22. The van der Waals surface area contributed by atoms with Crippen LogP contribution in [0.2, 0.25) is 0 Å². The minimum atomic E-state index is -0.514. The molecule has 6 heteroatoms. The van der Waals surface area contributed by atoms with Gasteiger partial charge < -0.3 is 8.94 Å². The van der Waals surface area contributed by atoms with Gasteiger partial charge in [0.05, 0.1) is 11.1 Å². The summed E-state index contributed by atoms with van der Waals surface area (Å²) in [5.74, 6) is 0.306. The van der Waals surface area contributed by atoms with Crippen molar-refractivity contribution in [3.63, 3.8) is 0 Å². The average Bonchev–Trinajstić information content (AvgIpc) is 2.98. The molecule has 1 amide bonds. The molecule has 1 N–H and O–H groups in total. The first-order valence-electron chi connectivity index (χ1n) is 8.76. The third-order valence-electron chi connectivity index (χ3n) is 5.09. The number of aryl methyl sites for hydroxylation is 3. The zero-order valence-corrected chi connectivity index (χ0v) is 15.0. The second-order valence-electron chi connectivity index (χ2n) is 7.15. The van der Waals surface area contributed by atoms with E-state index < -0.39 is 5.91 Å². The van der Waals surface area contributed by atoms with Crippen LogP contribution in [0.15, 0.2) is 31.9 Å². The average molecular weight is 352 g/mol. The Morgan fingerprint density at radius 2 is 2.00 bits per heavy atom. The second kappa shape index (κ2) is 6.12. The fourth-order valence-electron chi connectivity index (χ4n) is 3.37. The van der Waals surface area contributed by atoms with Crippen molar-refractivity contribution >= 4 is 22.8 Å². The molecule has 26 heavy (non-hydrogen) atoms. The van der Waals surface area contributed by atoms with E-state index in [-0.39, 0.29) is 11.2 Å². The summed E-state index contributed by atoms with van der Waals surface area (Å²) in [4.78, 5) is 25.0. The summed E-state index contributed by atoms with van der Waals surface area (Å²) in [6, 6.07) is 4.78. The van der Waals surface area contributed by atoms with E-state index in [1.54, 1.807) is 12.1 Å². The highest BCUT2D eigenvalue weighted by atomic mass is 16.5. The number of carbonyl (C=O) groups is 1. The van der Waals surface area contributed by atoms with Crippen LogP contribution in [0.4, 0.5) is 5.88 Å². The first-order valence-corrected chi connectivity index (χ1v) is 8.76. The molecular weight excluding hydrogens is 332 g/mol. The zero-order chi connectivity index (χ0) is 18.4. The molecule has 0 spiro atoms. The van der Waals surface area contributed by atoms with Gasteiger partial charge in [0.2, 0.25) is 5.88 Å². The van der Waals surface area contributed by atoms with E-state index >= 15 is 0 Å². The number of carbonyl (C=O) groups excluding carboxylic acids is 1. The molecule has 0 saturated carbocycles. The number of fused-ring (bicyclic) bond motifs is 2. The third kappa shape index (κ3) is 2.81. The summed E-state index contributed by atoms with van der Waals surface area (Å²) in [6.45, 7) is 6.03. The van der Waals surface area contributed by atoms with Gasteiger partial charge in [-0.25, -0.2) is 0 Å². The Kier molecular flexibility index (Phi) is 3.90. The van der Waals surface area contributed by atoms with Crippen LogP contribution in [0.5, 0.6) is 0 Å². The van der Waals surface area contributed by atoms with Crippen LogP contribution in [0, 0.1) is 19.8 Å². The van der Waals surface area contributed by atoms with E-state index in [4.69, 9.17) is 8.94 Å². The van der Waals surface area contributed by atoms with Gasteiger partial charge >= 0.3 is 0 Å². The molecule has 0 aliphatic heterocycles. The highest BCUT2D eigenvalue weighted by Gasteiger charge is 2.25. The second-order valence-corrected chi connectivity index (χ2v) is 7.15. The minimum absolute atomic E-state index is 0.0419. The summed E-state index contributed by atoms with van der Waals surface area (Å²) in [5.41, 5.74) is 3.99. The lowest BCUT2D eigenvalue weighted by atomic mass is 9.89. The van der Waals surface area contributed by atoms with Gasteiger partial charge in [0.1, 0.15) is 5.58 Å². The maximum Gasteiger partial charge on any atom is 0.293 e. The lowest BCUT2D eigenvalue weighted by molar-refractivity contribution is 0.0994. The molecule has 1 aliphatic rings. The number of hydrogen-bond acceptors (Lipinski definition) is 5. The van der Waals surface area contributed by atoms with Gasteiger partial charge in [0, 0.05) is 11.6 Å². The van der Waals surface area contributed by atoms with Gasteiger partial charge in [-0.05, 0) is 62.3 Å². The van der Waals surface area contributed by atoms with Crippen LogP contribution in [0.1, 0.15) is 46.3 Å². The fraction of sp³-hybridized carbons (Fsp3) is 0.350. The Morgan fingerprint density at radius 1 is 1.23 bits per heavy atom. The molecule has 0 radical (unpaired) electrons. The lowest BCUT2D eigenvalue weighted by Crippen LogP contribution is -2.17. The first-order chi connectivity index (χ1) is 12.4. The molecule has 0 saturated heterocycles. The SMILES string of the molecule is Cc1cc2oc(C(=O)Nc3onc4c3CC(C)CC4)cc(=O)c2cc1C. The van der Waals surface area contributed by atoms with Crippen LogP contribution >= 0.6 is 0 Å². The van der Waals surface area contributed by atoms with Crippen LogP contribution in [0.25, 0.3) is 11.0 Å². The first kappa shape index (κ1) is 16.6. The van der Waals surface area contributed by atoms with Crippen LogP contribution in [0.3, 0.4) is 0 Å². The number of amides is 1. The number of rotatable bonds is 2. The molecule has 1 atom stereocenters. The van der Waals surface area contributed by atoms with E-state index in [2.05, 4.69) is 17.4 Å². The third-order valence-corrected chi connectivity index (χ3v) is 5.09. The van der Waals surface area contributed by atoms with E-state index in [1.165, 1.54) is 6.07 Å². The van der Waals surface area contributed by atoms with E-state index in [0.717, 1.165) is 41.6 Å². The van der Waals surface area contributed by atoms with Crippen molar-refractivity contribution in [2.75, 3.05) is 5.32 Å². The quantitative estimate of drug-likeness (QED) is 0.759. The van der Waals surface area contributed by atoms with Crippen molar-refractivity contribution in [3.8, 4) is 0 Å². The predicted molar refractivity (Wildman–Crippen MR) is 97.6 cm³/mol. The topological polar surface area (TPSA) is 85.3 Å². The minimum Gasteiger partial charge on any atom is -0.451 e.